The van der Waals surface area contributed by atoms with Crippen molar-refractivity contribution in [2.45, 2.75) is 33.2 Å². The van der Waals surface area contributed by atoms with Gasteiger partial charge in [0.2, 0.25) is 0 Å². The van der Waals surface area contributed by atoms with Crippen LogP contribution in [0.15, 0.2) is 22.3 Å². The molecule has 1 aliphatic rings. The molecule has 2 nitrogen and oxygen atoms in total. The van der Waals surface area contributed by atoms with E-state index >= 15 is 0 Å². The molecule has 0 bridgehead atoms. The van der Waals surface area contributed by atoms with Gasteiger partial charge in [-0.2, -0.15) is 0 Å². The van der Waals surface area contributed by atoms with Crippen LogP contribution in [0.25, 0.3) is 0 Å². The van der Waals surface area contributed by atoms with E-state index in [-0.39, 0.29) is 18.4 Å². The zero-order chi connectivity index (χ0) is 11.7. The van der Waals surface area contributed by atoms with Crippen LogP contribution >= 0.6 is 35.3 Å². The van der Waals surface area contributed by atoms with Gasteiger partial charge in [-0.1, -0.05) is 18.5 Å². The average molecular weight is 291 g/mol. The summed E-state index contributed by atoms with van der Waals surface area (Å²) in [6.07, 6.45) is 2.75. The van der Waals surface area contributed by atoms with Crippen LogP contribution < -0.4 is 5.32 Å². The summed E-state index contributed by atoms with van der Waals surface area (Å²) >= 11 is 8.02. The number of amidine groups is 1. The predicted octanol–water partition coefficient (Wildman–Crippen LogP) is 4.32. The minimum Gasteiger partial charge on any atom is -0.349 e. The van der Waals surface area contributed by atoms with E-state index < -0.39 is 0 Å². The Bertz CT molecular complexity index is 463. The van der Waals surface area contributed by atoms with Gasteiger partial charge in [0.25, 0.3) is 0 Å². The number of aliphatic imine (C=N–C) groups is 1. The third-order valence-electron chi connectivity index (χ3n) is 2.63. The van der Waals surface area contributed by atoms with Crippen molar-refractivity contribution in [3.63, 3.8) is 0 Å². The fourth-order valence-electron chi connectivity index (χ4n) is 1.82. The zero-order valence-electron chi connectivity index (χ0n) is 10.1. The Kier molecular flexibility index (Phi) is 5.04. The lowest BCUT2D eigenvalue weighted by Crippen LogP contribution is -2.22. The van der Waals surface area contributed by atoms with Gasteiger partial charge in [0.1, 0.15) is 11.9 Å². The van der Waals surface area contributed by atoms with Crippen LogP contribution in [-0.4, -0.2) is 5.84 Å². The largest absolute Gasteiger partial charge is 0.349 e. The Labute approximate surface area is 117 Å². The summed E-state index contributed by atoms with van der Waals surface area (Å²) in [5.41, 5.74) is 1.23. The van der Waals surface area contributed by atoms with Gasteiger partial charge in [0, 0.05) is 22.4 Å². The van der Waals surface area contributed by atoms with Crippen LogP contribution in [0.2, 0.25) is 0 Å². The molecule has 1 aliphatic heterocycles. The average Bonchev–Trinajstić information content (AvgIpc) is 2.58. The van der Waals surface area contributed by atoms with Gasteiger partial charge in [0.15, 0.2) is 0 Å². The molecular formula is C12H16Cl2N2S. The van der Waals surface area contributed by atoms with Crippen LogP contribution in [-0.2, 0) is 0 Å². The second-order valence-corrected chi connectivity index (χ2v) is 5.77. The number of aryl methyl sites for hydroxylation is 2. The van der Waals surface area contributed by atoms with Gasteiger partial charge in [-0.15, -0.1) is 23.7 Å². The molecule has 5 heteroatoms. The van der Waals surface area contributed by atoms with Gasteiger partial charge < -0.3 is 5.32 Å². The molecule has 1 N–H and O–H groups in total. The van der Waals surface area contributed by atoms with E-state index in [2.05, 4.69) is 37.1 Å². The second-order valence-electron chi connectivity index (χ2n) is 3.87. The number of rotatable bonds is 2. The van der Waals surface area contributed by atoms with Crippen molar-refractivity contribution in [3.8, 4) is 0 Å². The first kappa shape index (κ1) is 14.6. The summed E-state index contributed by atoms with van der Waals surface area (Å²) in [5, 5.41) is 3.87. The maximum absolute atomic E-state index is 6.22. The fraction of sp³-hybridized carbons (Fsp3) is 0.417. The van der Waals surface area contributed by atoms with Gasteiger partial charge in [-0.3, -0.25) is 4.99 Å². The van der Waals surface area contributed by atoms with Crippen molar-refractivity contribution < 1.29 is 0 Å². The number of hydrogen-bond donors (Lipinski definition) is 1. The lowest BCUT2D eigenvalue weighted by molar-refractivity contribution is 0.838. The fourth-order valence-corrected chi connectivity index (χ4v) is 3.00. The standard InChI is InChI=1S/C12H15ClN2S.ClH/c1-4-11-14-6-10(13)12(15-11)9-5-7(2)16-8(9)3;/h5-6,12H,4H2,1-3H3,(H,14,15);1H. The Morgan fingerprint density at radius 2 is 2.18 bits per heavy atom. The predicted molar refractivity (Wildman–Crippen MR) is 78.6 cm³/mol. The number of nitrogens with one attached hydrogen (secondary N) is 1. The first-order valence-corrected chi connectivity index (χ1v) is 6.57. The van der Waals surface area contributed by atoms with E-state index in [1.807, 2.05) is 6.20 Å². The van der Waals surface area contributed by atoms with E-state index in [1.54, 1.807) is 11.3 Å². The van der Waals surface area contributed by atoms with Gasteiger partial charge in [-0.25, -0.2) is 0 Å². The molecule has 1 unspecified atom stereocenters. The topological polar surface area (TPSA) is 24.4 Å². The molecule has 1 aromatic rings. The van der Waals surface area contributed by atoms with Gasteiger partial charge in [0.05, 0.1) is 5.03 Å². The van der Waals surface area contributed by atoms with E-state index in [9.17, 15) is 0 Å². The van der Waals surface area contributed by atoms with E-state index in [4.69, 9.17) is 11.6 Å². The van der Waals surface area contributed by atoms with E-state index in [0.717, 1.165) is 17.3 Å². The van der Waals surface area contributed by atoms with Crippen molar-refractivity contribution in [2.75, 3.05) is 0 Å². The third kappa shape index (κ3) is 3.03. The van der Waals surface area contributed by atoms with Crippen LogP contribution in [0, 0.1) is 13.8 Å². The van der Waals surface area contributed by atoms with Crippen LogP contribution in [0.4, 0.5) is 0 Å². The Balaban J connectivity index is 0.00000144. The van der Waals surface area contributed by atoms with Crippen molar-refractivity contribution in [2.24, 2.45) is 4.99 Å². The maximum atomic E-state index is 6.22. The van der Waals surface area contributed by atoms with Crippen LogP contribution in [0.3, 0.4) is 0 Å². The van der Waals surface area contributed by atoms with E-state index in [1.165, 1.54) is 15.3 Å². The summed E-state index contributed by atoms with van der Waals surface area (Å²) in [7, 11) is 0. The highest BCUT2D eigenvalue weighted by Crippen LogP contribution is 2.36. The van der Waals surface area contributed by atoms with Crippen molar-refractivity contribution >= 4 is 41.2 Å². The molecule has 1 atom stereocenters. The smallest absolute Gasteiger partial charge is 0.115 e. The summed E-state index contributed by atoms with van der Waals surface area (Å²) in [6.45, 7) is 6.33. The Hall–Kier alpha value is -0.510. The first-order chi connectivity index (χ1) is 7.61. The van der Waals surface area contributed by atoms with Crippen molar-refractivity contribution in [3.05, 3.63) is 32.6 Å². The molecule has 0 amide bonds. The SMILES string of the molecule is CCC1=NC(c2cc(C)sc2C)C(Cl)=CN1.Cl. The third-order valence-corrected chi connectivity index (χ3v) is 3.93. The number of hydrogen-bond acceptors (Lipinski definition) is 3. The molecule has 17 heavy (non-hydrogen) atoms. The molecule has 0 saturated heterocycles. The lowest BCUT2D eigenvalue weighted by atomic mass is 10.1. The summed E-state index contributed by atoms with van der Waals surface area (Å²) < 4.78 is 0. The van der Waals surface area contributed by atoms with Crippen LogP contribution in [0.1, 0.15) is 34.7 Å². The minimum atomic E-state index is -0.0113. The normalized spacial score (nSPS) is 18.9. The Morgan fingerprint density at radius 1 is 1.47 bits per heavy atom. The monoisotopic (exact) mass is 290 g/mol. The molecule has 2 rings (SSSR count). The summed E-state index contributed by atoms with van der Waals surface area (Å²) in [6, 6.07) is 2.17. The first-order valence-electron chi connectivity index (χ1n) is 5.37. The minimum absolute atomic E-state index is 0. The second kappa shape index (κ2) is 5.89. The van der Waals surface area contributed by atoms with Crippen molar-refractivity contribution in [1.29, 1.82) is 0 Å². The lowest BCUT2D eigenvalue weighted by Gasteiger charge is -2.19. The quantitative estimate of drug-likeness (QED) is 0.862. The van der Waals surface area contributed by atoms with Crippen LogP contribution in [0.5, 0.6) is 0 Å². The number of nitrogens with zero attached hydrogens (tertiary/aromatic N) is 1. The molecule has 2 heterocycles. The molecule has 94 valence electrons. The molecule has 0 aliphatic carbocycles. The molecule has 0 spiro atoms. The molecule has 0 aromatic carbocycles. The number of halogens is 2. The van der Waals surface area contributed by atoms with Crippen molar-refractivity contribution in [1.82, 2.24) is 5.32 Å². The summed E-state index contributed by atoms with van der Waals surface area (Å²) in [5.74, 6) is 0.998. The van der Waals surface area contributed by atoms with Gasteiger partial charge >= 0.3 is 0 Å². The molecule has 0 radical (unpaired) electrons. The molecular weight excluding hydrogens is 275 g/mol. The zero-order valence-corrected chi connectivity index (χ0v) is 12.5. The Morgan fingerprint density at radius 3 is 2.71 bits per heavy atom. The highest BCUT2D eigenvalue weighted by molar-refractivity contribution is 7.12. The highest BCUT2D eigenvalue weighted by atomic mass is 35.5. The highest BCUT2D eigenvalue weighted by Gasteiger charge is 2.21. The molecule has 0 saturated carbocycles. The number of thiophene rings is 1. The van der Waals surface area contributed by atoms with E-state index in [0.29, 0.717) is 0 Å². The molecule has 0 fully saturated rings. The van der Waals surface area contributed by atoms with Gasteiger partial charge in [-0.05, 0) is 25.5 Å². The molecule has 1 aromatic heterocycles. The maximum Gasteiger partial charge on any atom is 0.115 e. The summed E-state index contributed by atoms with van der Waals surface area (Å²) in [4.78, 5) is 7.25.